The SMILES string of the molecule is CCC[C@H](NC(=O)[C@@H](O)C(C)(C)C)C(=O)Nc1ncc(-c2ccccc2COc2ccccc2C#N)s1. The van der Waals surface area contributed by atoms with Crippen molar-refractivity contribution in [2.45, 2.75) is 59.3 Å². The number of para-hydroxylation sites is 1. The number of amides is 2. The number of hydrogen-bond donors (Lipinski definition) is 3. The molecule has 0 aliphatic heterocycles. The number of nitrogens with one attached hydrogen (secondary N) is 2. The van der Waals surface area contributed by atoms with Crippen LogP contribution in [-0.4, -0.2) is 34.1 Å². The molecule has 0 unspecified atom stereocenters. The van der Waals surface area contributed by atoms with E-state index in [1.165, 1.54) is 11.3 Å². The van der Waals surface area contributed by atoms with Crippen molar-refractivity contribution in [2.75, 3.05) is 5.32 Å². The van der Waals surface area contributed by atoms with E-state index in [1.807, 2.05) is 37.3 Å². The molecular weight excluding hydrogens is 488 g/mol. The normalized spacial score (nSPS) is 12.8. The Morgan fingerprint density at radius 3 is 2.54 bits per heavy atom. The summed E-state index contributed by atoms with van der Waals surface area (Å²) in [6, 6.07) is 16.1. The Hall–Kier alpha value is -3.74. The van der Waals surface area contributed by atoms with E-state index in [0.717, 1.165) is 16.0 Å². The van der Waals surface area contributed by atoms with Gasteiger partial charge in [-0.15, -0.1) is 0 Å². The quantitative estimate of drug-likeness (QED) is 0.350. The van der Waals surface area contributed by atoms with E-state index in [4.69, 9.17) is 4.74 Å². The lowest BCUT2D eigenvalue weighted by Crippen LogP contribution is -2.50. The Balaban J connectivity index is 1.71. The molecule has 0 aliphatic rings. The second-order valence-corrected chi connectivity index (χ2v) is 10.7. The van der Waals surface area contributed by atoms with Crippen LogP contribution in [0.1, 0.15) is 51.7 Å². The average molecular weight is 521 g/mol. The number of carbonyl (C=O) groups excluding carboxylic acids is 2. The van der Waals surface area contributed by atoms with Crippen LogP contribution in [0.5, 0.6) is 5.75 Å². The molecule has 2 aromatic carbocycles. The topological polar surface area (TPSA) is 124 Å². The number of nitriles is 1. The van der Waals surface area contributed by atoms with E-state index in [-0.39, 0.29) is 12.5 Å². The van der Waals surface area contributed by atoms with Crippen LogP contribution in [0.3, 0.4) is 0 Å². The first-order valence-corrected chi connectivity index (χ1v) is 12.9. The van der Waals surface area contributed by atoms with E-state index in [0.29, 0.717) is 29.3 Å². The van der Waals surface area contributed by atoms with Gasteiger partial charge < -0.3 is 20.5 Å². The molecule has 1 heterocycles. The minimum Gasteiger partial charge on any atom is -0.487 e. The summed E-state index contributed by atoms with van der Waals surface area (Å²) in [4.78, 5) is 30.6. The van der Waals surface area contributed by atoms with Crippen molar-refractivity contribution in [1.82, 2.24) is 10.3 Å². The third-order valence-electron chi connectivity index (χ3n) is 5.69. The van der Waals surface area contributed by atoms with Crippen LogP contribution in [0.15, 0.2) is 54.7 Å². The smallest absolute Gasteiger partial charge is 0.250 e. The highest BCUT2D eigenvalue weighted by Crippen LogP contribution is 2.32. The van der Waals surface area contributed by atoms with Crippen LogP contribution in [0.2, 0.25) is 0 Å². The molecule has 0 radical (unpaired) electrons. The monoisotopic (exact) mass is 520 g/mol. The fourth-order valence-electron chi connectivity index (χ4n) is 3.58. The number of aromatic nitrogens is 1. The van der Waals surface area contributed by atoms with Crippen molar-refractivity contribution >= 4 is 28.3 Å². The van der Waals surface area contributed by atoms with Gasteiger partial charge in [0.15, 0.2) is 5.13 Å². The second-order valence-electron chi connectivity index (χ2n) is 9.69. The number of thiazole rings is 1. The molecule has 3 N–H and O–H groups in total. The Morgan fingerprint density at radius 2 is 1.84 bits per heavy atom. The number of ether oxygens (including phenoxy) is 1. The maximum atomic E-state index is 13.0. The van der Waals surface area contributed by atoms with Crippen molar-refractivity contribution in [3.05, 3.63) is 65.9 Å². The zero-order valence-corrected chi connectivity index (χ0v) is 22.3. The lowest BCUT2D eigenvalue weighted by atomic mass is 9.88. The number of rotatable bonds is 10. The summed E-state index contributed by atoms with van der Waals surface area (Å²) >= 11 is 1.31. The number of aliphatic hydroxyl groups excluding tert-OH is 1. The van der Waals surface area contributed by atoms with Gasteiger partial charge in [-0.1, -0.05) is 81.9 Å². The van der Waals surface area contributed by atoms with Crippen LogP contribution in [0.4, 0.5) is 5.13 Å². The summed E-state index contributed by atoms with van der Waals surface area (Å²) in [5, 5.41) is 25.4. The van der Waals surface area contributed by atoms with Gasteiger partial charge in [0.2, 0.25) is 11.8 Å². The fraction of sp³-hybridized carbons (Fsp3) is 0.357. The Labute approximate surface area is 221 Å². The van der Waals surface area contributed by atoms with Gasteiger partial charge in [0.1, 0.15) is 30.6 Å². The lowest BCUT2D eigenvalue weighted by Gasteiger charge is -2.26. The molecule has 0 fully saturated rings. The first-order valence-electron chi connectivity index (χ1n) is 12.1. The van der Waals surface area contributed by atoms with Crippen LogP contribution < -0.4 is 15.4 Å². The first kappa shape index (κ1) is 27.8. The minimum atomic E-state index is -1.23. The molecule has 3 aromatic rings. The predicted molar refractivity (Wildman–Crippen MR) is 144 cm³/mol. The van der Waals surface area contributed by atoms with Gasteiger partial charge in [0, 0.05) is 6.20 Å². The van der Waals surface area contributed by atoms with Gasteiger partial charge in [-0.2, -0.15) is 5.26 Å². The molecule has 37 heavy (non-hydrogen) atoms. The summed E-state index contributed by atoms with van der Waals surface area (Å²) in [5.74, 6) is -0.451. The minimum absolute atomic E-state index is 0.259. The third-order valence-corrected chi connectivity index (χ3v) is 6.63. The zero-order valence-electron chi connectivity index (χ0n) is 21.4. The van der Waals surface area contributed by atoms with Gasteiger partial charge >= 0.3 is 0 Å². The highest BCUT2D eigenvalue weighted by molar-refractivity contribution is 7.19. The van der Waals surface area contributed by atoms with Crippen molar-refractivity contribution in [3.8, 4) is 22.3 Å². The summed E-state index contributed by atoms with van der Waals surface area (Å²) in [5.41, 5.74) is 1.63. The van der Waals surface area contributed by atoms with Crippen molar-refractivity contribution in [2.24, 2.45) is 5.41 Å². The van der Waals surface area contributed by atoms with Gasteiger partial charge in [-0.25, -0.2) is 4.98 Å². The molecule has 2 atom stereocenters. The number of aliphatic hydroxyl groups is 1. The maximum absolute atomic E-state index is 13.0. The van der Waals surface area contributed by atoms with E-state index in [1.54, 1.807) is 45.2 Å². The number of anilines is 1. The molecular formula is C28H32N4O4S. The largest absolute Gasteiger partial charge is 0.487 e. The molecule has 1 aromatic heterocycles. The Kier molecular flexibility index (Phi) is 9.39. The molecule has 2 amide bonds. The number of carbonyl (C=O) groups is 2. The third kappa shape index (κ3) is 7.38. The molecule has 0 spiro atoms. The standard InChI is InChI=1S/C28H32N4O4S/c1-5-10-21(31-26(35)24(33)28(2,3)4)25(34)32-27-30-16-23(37-27)20-13-8-6-12-19(20)17-36-22-14-9-7-11-18(22)15-29/h6-9,11-14,16,21,24,33H,5,10,17H2,1-4H3,(H,31,35)(H,30,32,34)/t21-,24+/m0/s1. The van der Waals surface area contributed by atoms with Crippen molar-refractivity contribution < 1.29 is 19.4 Å². The average Bonchev–Trinajstić information content (AvgIpc) is 3.34. The molecule has 194 valence electrons. The summed E-state index contributed by atoms with van der Waals surface area (Å²) in [7, 11) is 0. The van der Waals surface area contributed by atoms with Crippen LogP contribution in [0, 0.1) is 16.7 Å². The van der Waals surface area contributed by atoms with Crippen LogP contribution in [-0.2, 0) is 16.2 Å². The summed E-state index contributed by atoms with van der Waals surface area (Å²) < 4.78 is 5.92. The first-order chi connectivity index (χ1) is 17.6. The van der Waals surface area contributed by atoms with Gasteiger partial charge in [-0.3, -0.25) is 9.59 Å². The Morgan fingerprint density at radius 1 is 1.14 bits per heavy atom. The molecule has 0 saturated carbocycles. The molecule has 3 rings (SSSR count). The lowest BCUT2D eigenvalue weighted by molar-refractivity contribution is -0.137. The zero-order chi connectivity index (χ0) is 27.0. The number of benzene rings is 2. The van der Waals surface area contributed by atoms with Gasteiger partial charge in [0.25, 0.3) is 0 Å². The van der Waals surface area contributed by atoms with Crippen molar-refractivity contribution in [1.29, 1.82) is 5.26 Å². The second kappa shape index (κ2) is 12.5. The fourth-order valence-corrected chi connectivity index (χ4v) is 4.46. The van der Waals surface area contributed by atoms with Gasteiger partial charge in [0.05, 0.1) is 10.4 Å². The van der Waals surface area contributed by atoms with E-state index in [9.17, 15) is 20.0 Å². The van der Waals surface area contributed by atoms with E-state index in [2.05, 4.69) is 21.7 Å². The summed E-state index contributed by atoms with van der Waals surface area (Å²) in [6.07, 6.45) is 1.55. The molecule has 0 aliphatic carbocycles. The highest BCUT2D eigenvalue weighted by Gasteiger charge is 2.32. The van der Waals surface area contributed by atoms with Crippen LogP contribution in [0.25, 0.3) is 10.4 Å². The predicted octanol–water partition coefficient (Wildman–Crippen LogP) is 4.89. The summed E-state index contributed by atoms with van der Waals surface area (Å²) in [6.45, 7) is 7.45. The number of hydrogen-bond acceptors (Lipinski definition) is 7. The highest BCUT2D eigenvalue weighted by atomic mass is 32.1. The van der Waals surface area contributed by atoms with Crippen LogP contribution >= 0.6 is 11.3 Å². The van der Waals surface area contributed by atoms with E-state index < -0.39 is 23.5 Å². The van der Waals surface area contributed by atoms with Crippen molar-refractivity contribution in [3.63, 3.8) is 0 Å². The molecule has 0 bridgehead atoms. The number of nitrogens with zero attached hydrogens (tertiary/aromatic N) is 2. The van der Waals surface area contributed by atoms with E-state index >= 15 is 0 Å². The maximum Gasteiger partial charge on any atom is 0.250 e. The molecule has 0 saturated heterocycles. The van der Waals surface area contributed by atoms with Gasteiger partial charge in [-0.05, 0) is 35.1 Å². The molecule has 9 heteroatoms. The Bertz CT molecular complexity index is 1280. The molecule has 8 nitrogen and oxygen atoms in total.